The zero-order valence-corrected chi connectivity index (χ0v) is 56.7. The maximum absolute atomic E-state index is 13.0. The van der Waals surface area contributed by atoms with Crippen molar-refractivity contribution >= 4 is 39.5 Å². The van der Waals surface area contributed by atoms with E-state index < -0.39 is 97.5 Å². The third kappa shape index (κ3) is 60.7. The average molecular weight is 1260 g/mol. The van der Waals surface area contributed by atoms with Crippen molar-refractivity contribution in [2.45, 2.75) is 349 Å². The highest BCUT2D eigenvalue weighted by atomic mass is 31.2. The number of aliphatic hydroxyl groups excluding tert-OH is 1. The highest BCUT2D eigenvalue weighted by Gasteiger charge is 2.30. The molecule has 0 aliphatic rings. The molecule has 19 heteroatoms. The Morgan fingerprint density at radius 2 is 0.541 bits per heavy atom. The lowest BCUT2D eigenvalue weighted by Gasteiger charge is -2.21. The average Bonchev–Trinajstić information content (AvgIpc) is 3.55. The van der Waals surface area contributed by atoms with E-state index in [9.17, 15) is 43.2 Å². The first-order valence-electron chi connectivity index (χ1n) is 34.5. The minimum Gasteiger partial charge on any atom is -0.462 e. The number of carbonyl (C=O) groups is 4. The van der Waals surface area contributed by atoms with E-state index in [-0.39, 0.29) is 25.7 Å². The smallest absolute Gasteiger partial charge is 0.462 e. The fourth-order valence-corrected chi connectivity index (χ4v) is 11.5. The van der Waals surface area contributed by atoms with Gasteiger partial charge < -0.3 is 33.8 Å². The van der Waals surface area contributed by atoms with Crippen molar-refractivity contribution in [1.82, 2.24) is 0 Å². The Hall–Kier alpha value is -1.94. The molecule has 0 bridgehead atoms. The van der Waals surface area contributed by atoms with E-state index in [4.69, 9.17) is 37.0 Å². The second kappa shape index (κ2) is 58.4. The lowest BCUT2D eigenvalue weighted by Crippen LogP contribution is -2.30. The third-order valence-corrected chi connectivity index (χ3v) is 17.1. The minimum atomic E-state index is -4.95. The molecule has 2 unspecified atom stereocenters. The molecule has 85 heavy (non-hydrogen) atoms. The summed E-state index contributed by atoms with van der Waals surface area (Å²) in [7, 11) is -9.89. The van der Waals surface area contributed by atoms with Gasteiger partial charge in [0.15, 0.2) is 12.2 Å². The predicted molar refractivity (Wildman–Crippen MR) is 340 cm³/mol. The van der Waals surface area contributed by atoms with Crippen LogP contribution in [0.5, 0.6) is 0 Å². The molecule has 0 spiro atoms. The van der Waals surface area contributed by atoms with E-state index in [1.807, 2.05) is 0 Å². The van der Waals surface area contributed by atoms with Crippen LogP contribution in [0.25, 0.3) is 0 Å². The van der Waals surface area contributed by atoms with E-state index in [1.54, 1.807) is 0 Å². The molecular weight excluding hydrogens is 1130 g/mol. The van der Waals surface area contributed by atoms with Crippen molar-refractivity contribution in [3.05, 3.63) is 0 Å². The van der Waals surface area contributed by atoms with Crippen LogP contribution in [0.3, 0.4) is 0 Å². The summed E-state index contributed by atoms with van der Waals surface area (Å²) in [6, 6.07) is 0. The molecule has 504 valence electrons. The Morgan fingerprint density at radius 3 is 0.800 bits per heavy atom. The first-order valence-corrected chi connectivity index (χ1v) is 37.5. The largest absolute Gasteiger partial charge is 0.472 e. The topological polar surface area (TPSA) is 237 Å². The van der Waals surface area contributed by atoms with E-state index >= 15 is 0 Å². The van der Waals surface area contributed by atoms with Gasteiger partial charge in [0.2, 0.25) is 0 Å². The fourth-order valence-electron chi connectivity index (χ4n) is 9.88. The van der Waals surface area contributed by atoms with E-state index in [2.05, 4.69) is 41.5 Å². The maximum atomic E-state index is 13.0. The molecule has 0 aliphatic heterocycles. The van der Waals surface area contributed by atoms with E-state index in [0.29, 0.717) is 31.6 Å². The number of ether oxygens (including phenoxy) is 4. The molecule has 0 heterocycles. The highest BCUT2D eigenvalue weighted by Crippen LogP contribution is 2.45. The molecule has 5 atom stereocenters. The zero-order chi connectivity index (χ0) is 62.9. The SMILES string of the molecule is CCCCCCCCCCCCCCC(=O)OC[C@H](COP(=O)(O)OC[C@@H](O)COP(=O)(O)OC[C@@H](COC(=O)CCCCCCCCCC(C)C)OC(=O)CCCCCCCCCCC(C)C)OC(=O)CCCCCCCCCCCCCC. The van der Waals surface area contributed by atoms with Crippen molar-refractivity contribution in [3.8, 4) is 0 Å². The molecule has 0 amide bonds. The number of phosphoric acid groups is 2. The number of aliphatic hydroxyl groups is 1. The Kier molecular flexibility index (Phi) is 57.1. The van der Waals surface area contributed by atoms with Crippen molar-refractivity contribution in [1.29, 1.82) is 0 Å². The fraction of sp³-hybridized carbons (Fsp3) is 0.939. The molecular formula is C66H128O17P2. The van der Waals surface area contributed by atoms with Gasteiger partial charge in [-0.25, -0.2) is 9.13 Å². The molecule has 0 rings (SSSR count). The van der Waals surface area contributed by atoms with Gasteiger partial charge in [0, 0.05) is 25.7 Å². The summed E-state index contributed by atoms with van der Waals surface area (Å²) in [5, 5.41) is 10.6. The van der Waals surface area contributed by atoms with Gasteiger partial charge in [-0.3, -0.25) is 37.3 Å². The lowest BCUT2D eigenvalue weighted by atomic mass is 10.0. The number of carbonyl (C=O) groups excluding carboxylic acids is 4. The predicted octanol–water partition coefficient (Wildman–Crippen LogP) is 18.4. The maximum Gasteiger partial charge on any atom is 0.472 e. The monoisotopic (exact) mass is 1250 g/mol. The van der Waals surface area contributed by atoms with Crippen molar-refractivity contribution in [2.75, 3.05) is 39.6 Å². The van der Waals surface area contributed by atoms with Gasteiger partial charge in [0.05, 0.1) is 26.4 Å². The number of unbranched alkanes of at least 4 members (excludes halogenated alkanes) is 35. The van der Waals surface area contributed by atoms with E-state index in [1.165, 1.54) is 141 Å². The van der Waals surface area contributed by atoms with Crippen molar-refractivity contribution in [3.63, 3.8) is 0 Å². The second-order valence-electron chi connectivity index (χ2n) is 24.8. The highest BCUT2D eigenvalue weighted by molar-refractivity contribution is 7.47. The van der Waals surface area contributed by atoms with Crippen LogP contribution in [0.1, 0.15) is 330 Å². The first-order chi connectivity index (χ1) is 40.9. The molecule has 0 saturated carbocycles. The van der Waals surface area contributed by atoms with Crippen molar-refractivity contribution < 1.29 is 80.2 Å². The van der Waals surface area contributed by atoms with Crippen LogP contribution >= 0.6 is 15.6 Å². The summed E-state index contributed by atoms with van der Waals surface area (Å²) in [5.41, 5.74) is 0. The van der Waals surface area contributed by atoms with Crippen molar-refractivity contribution in [2.24, 2.45) is 11.8 Å². The number of rotatable bonds is 65. The van der Waals surface area contributed by atoms with Crippen LogP contribution in [0, 0.1) is 11.8 Å². The number of hydrogen-bond acceptors (Lipinski definition) is 15. The van der Waals surface area contributed by atoms with Gasteiger partial charge in [0.1, 0.15) is 19.3 Å². The summed E-state index contributed by atoms with van der Waals surface area (Å²) in [5.74, 6) is -0.707. The van der Waals surface area contributed by atoms with Gasteiger partial charge in [-0.1, -0.05) is 279 Å². The first kappa shape index (κ1) is 83.1. The van der Waals surface area contributed by atoms with Gasteiger partial charge in [-0.2, -0.15) is 0 Å². The van der Waals surface area contributed by atoms with E-state index in [0.717, 1.165) is 102 Å². The molecule has 0 aromatic heterocycles. The van der Waals surface area contributed by atoms with Crippen LogP contribution < -0.4 is 0 Å². The molecule has 17 nitrogen and oxygen atoms in total. The van der Waals surface area contributed by atoms with Crippen LogP contribution in [-0.2, 0) is 65.4 Å². The molecule has 0 saturated heterocycles. The Labute approximate surface area is 517 Å². The van der Waals surface area contributed by atoms with Gasteiger partial charge in [-0.15, -0.1) is 0 Å². The summed E-state index contributed by atoms with van der Waals surface area (Å²) in [6.07, 6.45) is 41.7. The number of hydrogen-bond donors (Lipinski definition) is 3. The van der Waals surface area contributed by atoms with Crippen LogP contribution in [0.2, 0.25) is 0 Å². The number of esters is 4. The Balaban J connectivity index is 5.25. The summed E-state index contributed by atoms with van der Waals surface area (Å²) < 4.78 is 68.1. The lowest BCUT2D eigenvalue weighted by molar-refractivity contribution is -0.161. The Bertz CT molecular complexity index is 1670. The summed E-state index contributed by atoms with van der Waals surface area (Å²) >= 11 is 0. The van der Waals surface area contributed by atoms with Gasteiger partial charge >= 0.3 is 39.5 Å². The van der Waals surface area contributed by atoms with Crippen LogP contribution in [0.4, 0.5) is 0 Å². The Morgan fingerprint density at radius 1 is 0.318 bits per heavy atom. The minimum absolute atomic E-state index is 0.104. The molecule has 0 aliphatic carbocycles. The molecule has 3 N–H and O–H groups in total. The third-order valence-electron chi connectivity index (χ3n) is 15.2. The molecule has 0 aromatic carbocycles. The summed E-state index contributed by atoms with van der Waals surface area (Å²) in [4.78, 5) is 72.3. The summed E-state index contributed by atoms with van der Waals surface area (Å²) in [6.45, 7) is 9.42. The number of phosphoric ester groups is 2. The molecule has 0 radical (unpaired) electrons. The quantitative estimate of drug-likeness (QED) is 0.0222. The van der Waals surface area contributed by atoms with Crippen LogP contribution in [0.15, 0.2) is 0 Å². The second-order valence-corrected chi connectivity index (χ2v) is 27.7. The molecule has 0 fully saturated rings. The molecule has 0 aromatic rings. The van der Waals surface area contributed by atoms with Gasteiger partial charge in [-0.05, 0) is 37.5 Å². The van der Waals surface area contributed by atoms with Gasteiger partial charge in [0.25, 0.3) is 0 Å². The normalized spacial score (nSPS) is 14.2. The van der Waals surface area contributed by atoms with Crippen LogP contribution in [-0.4, -0.2) is 96.7 Å². The standard InChI is InChI=1S/C66H128O17P2/c1-7-9-11-13-15-17-19-21-23-30-36-42-48-63(68)76-54-61(82-65(70)50-44-38-31-24-22-20-18-16-14-12-10-8-2)56-80-84(72,73)78-52-60(67)53-79-85(74,75)81-57-62(55-77-64(69)49-43-37-33-27-29-35-41-47-59(5)6)83-66(71)51-45-39-32-26-25-28-34-40-46-58(3)4/h58-62,67H,7-57H2,1-6H3,(H,72,73)(H,74,75)/t60-,61-,62-/m1/s1. The zero-order valence-electron chi connectivity index (χ0n) is 54.9.